The summed E-state index contributed by atoms with van der Waals surface area (Å²) >= 11 is 5.94. The molecule has 0 aliphatic carbocycles. The van der Waals surface area contributed by atoms with E-state index in [0.29, 0.717) is 23.7 Å². The number of benzene rings is 1. The standard InChI is InChI=1S/C11H16ClNO2S/c1-3-13(4-2)16(14,15)9-10-7-5-6-8-11(10)12/h5-8H,3-4,9H2,1-2H3. The van der Waals surface area contributed by atoms with E-state index in [0.717, 1.165) is 0 Å². The highest BCUT2D eigenvalue weighted by Crippen LogP contribution is 2.19. The van der Waals surface area contributed by atoms with E-state index in [-0.39, 0.29) is 5.75 Å². The molecule has 1 aromatic rings. The monoisotopic (exact) mass is 261 g/mol. The first-order chi connectivity index (χ1) is 7.51. The number of nitrogens with zero attached hydrogens (tertiary/aromatic N) is 1. The normalized spacial score (nSPS) is 12.0. The molecule has 16 heavy (non-hydrogen) atoms. The first-order valence-electron chi connectivity index (χ1n) is 5.22. The Balaban J connectivity index is 2.93. The second kappa shape index (κ2) is 5.66. The van der Waals surface area contributed by atoms with Crippen LogP contribution in [0.25, 0.3) is 0 Å². The molecule has 0 N–H and O–H groups in total. The Bertz CT molecular complexity index is 441. The summed E-state index contributed by atoms with van der Waals surface area (Å²) in [6.07, 6.45) is 0. The van der Waals surface area contributed by atoms with Crippen LogP contribution in [-0.2, 0) is 15.8 Å². The van der Waals surface area contributed by atoms with Crippen molar-refractivity contribution in [3.63, 3.8) is 0 Å². The molecule has 0 fully saturated rings. The predicted octanol–water partition coefficient (Wildman–Crippen LogP) is 2.51. The van der Waals surface area contributed by atoms with Crippen LogP contribution in [-0.4, -0.2) is 25.8 Å². The molecule has 0 amide bonds. The summed E-state index contributed by atoms with van der Waals surface area (Å²) in [7, 11) is -3.25. The molecule has 0 saturated heterocycles. The van der Waals surface area contributed by atoms with Crippen molar-refractivity contribution in [2.24, 2.45) is 0 Å². The van der Waals surface area contributed by atoms with Gasteiger partial charge in [0.05, 0.1) is 5.75 Å². The number of hydrogen-bond donors (Lipinski definition) is 0. The minimum absolute atomic E-state index is 0.0334. The zero-order valence-corrected chi connectivity index (χ0v) is 11.1. The Kier molecular flexibility index (Phi) is 4.77. The molecule has 90 valence electrons. The van der Waals surface area contributed by atoms with Gasteiger partial charge in [-0.15, -0.1) is 0 Å². The molecule has 0 aromatic heterocycles. The minimum Gasteiger partial charge on any atom is -0.212 e. The quantitative estimate of drug-likeness (QED) is 0.817. The SMILES string of the molecule is CCN(CC)S(=O)(=O)Cc1ccccc1Cl. The summed E-state index contributed by atoms with van der Waals surface area (Å²) in [4.78, 5) is 0. The maximum atomic E-state index is 12.0. The topological polar surface area (TPSA) is 37.4 Å². The van der Waals surface area contributed by atoms with Crippen LogP contribution in [0, 0.1) is 0 Å². The average Bonchev–Trinajstić information content (AvgIpc) is 2.22. The van der Waals surface area contributed by atoms with Crippen molar-refractivity contribution < 1.29 is 8.42 Å². The van der Waals surface area contributed by atoms with Gasteiger partial charge in [-0.05, 0) is 11.6 Å². The molecular weight excluding hydrogens is 246 g/mol. The van der Waals surface area contributed by atoms with E-state index in [1.165, 1.54) is 4.31 Å². The zero-order chi connectivity index (χ0) is 12.2. The summed E-state index contributed by atoms with van der Waals surface area (Å²) in [6, 6.07) is 7.02. The van der Waals surface area contributed by atoms with E-state index in [1.807, 2.05) is 13.8 Å². The van der Waals surface area contributed by atoms with Crippen LogP contribution in [0.2, 0.25) is 5.02 Å². The molecule has 0 aliphatic heterocycles. The maximum absolute atomic E-state index is 12.0. The number of halogens is 1. The maximum Gasteiger partial charge on any atom is 0.218 e. The van der Waals surface area contributed by atoms with Crippen LogP contribution in [0.4, 0.5) is 0 Å². The summed E-state index contributed by atoms with van der Waals surface area (Å²) in [5.74, 6) is -0.0334. The van der Waals surface area contributed by atoms with E-state index >= 15 is 0 Å². The van der Waals surface area contributed by atoms with Gasteiger partial charge in [0.2, 0.25) is 10.0 Å². The van der Waals surface area contributed by atoms with Gasteiger partial charge in [-0.1, -0.05) is 43.6 Å². The highest BCUT2D eigenvalue weighted by atomic mass is 35.5. The number of sulfonamides is 1. The summed E-state index contributed by atoms with van der Waals surface area (Å²) in [5, 5.41) is 0.498. The van der Waals surface area contributed by atoms with Crippen LogP contribution < -0.4 is 0 Å². The minimum atomic E-state index is -3.25. The van der Waals surface area contributed by atoms with Crippen molar-refractivity contribution in [2.45, 2.75) is 19.6 Å². The van der Waals surface area contributed by atoms with Gasteiger partial charge >= 0.3 is 0 Å². The summed E-state index contributed by atoms with van der Waals surface area (Å²) < 4.78 is 25.4. The van der Waals surface area contributed by atoms with E-state index in [2.05, 4.69) is 0 Å². The van der Waals surface area contributed by atoms with Gasteiger partial charge in [0.25, 0.3) is 0 Å². The highest BCUT2D eigenvalue weighted by Gasteiger charge is 2.20. The van der Waals surface area contributed by atoms with E-state index in [9.17, 15) is 8.42 Å². The Hall–Kier alpha value is -0.580. The van der Waals surface area contributed by atoms with Gasteiger partial charge in [0.15, 0.2) is 0 Å². The van der Waals surface area contributed by atoms with E-state index in [4.69, 9.17) is 11.6 Å². The molecule has 1 aromatic carbocycles. The Morgan fingerprint density at radius 1 is 1.19 bits per heavy atom. The van der Waals surface area contributed by atoms with Crippen LogP contribution in [0.15, 0.2) is 24.3 Å². The van der Waals surface area contributed by atoms with Gasteiger partial charge < -0.3 is 0 Å². The largest absolute Gasteiger partial charge is 0.218 e. The van der Waals surface area contributed by atoms with Crippen molar-refractivity contribution in [1.82, 2.24) is 4.31 Å². The molecular formula is C11H16ClNO2S. The third-order valence-electron chi connectivity index (χ3n) is 2.39. The second-order valence-corrected chi connectivity index (χ2v) is 5.81. The molecule has 3 nitrogen and oxygen atoms in total. The number of rotatable bonds is 5. The van der Waals surface area contributed by atoms with Crippen molar-refractivity contribution in [1.29, 1.82) is 0 Å². The van der Waals surface area contributed by atoms with Crippen molar-refractivity contribution in [2.75, 3.05) is 13.1 Å². The fraction of sp³-hybridized carbons (Fsp3) is 0.455. The van der Waals surface area contributed by atoms with Crippen LogP contribution >= 0.6 is 11.6 Å². The highest BCUT2D eigenvalue weighted by molar-refractivity contribution is 7.88. The average molecular weight is 262 g/mol. The smallest absolute Gasteiger partial charge is 0.212 e. The van der Waals surface area contributed by atoms with Gasteiger partial charge in [-0.3, -0.25) is 0 Å². The summed E-state index contributed by atoms with van der Waals surface area (Å²) in [6.45, 7) is 4.63. The van der Waals surface area contributed by atoms with E-state index in [1.54, 1.807) is 24.3 Å². The number of hydrogen-bond acceptors (Lipinski definition) is 2. The third-order valence-corrected chi connectivity index (χ3v) is 4.74. The molecule has 0 heterocycles. The van der Waals surface area contributed by atoms with Gasteiger partial charge in [0.1, 0.15) is 0 Å². The van der Waals surface area contributed by atoms with Gasteiger partial charge in [-0.2, -0.15) is 0 Å². The third kappa shape index (κ3) is 3.20. The van der Waals surface area contributed by atoms with Crippen LogP contribution in [0.5, 0.6) is 0 Å². The molecule has 0 atom stereocenters. The van der Waals surface area contributed by atoms with Gasteiger partial charge in [0, 0.05) is 18.1 Å². The van der Waals surface area contributed by atoms with Crippen molar-refractivity contribution >= 4 is 21.6 Å². The van der Waals surface area contributed by atoms with Gasteiger partial charge in [-0.25, -0.2) is 12.7 Å². The first-order valence-corrected chi connectivity index (χ1v) is 7.21. The van der Waals surface area contributed by atoms with Crippen molar-refractivity contribution in [3.8, 4) is 0 Å². The Labute approximate surface area is 102 Å². The zero-order valence-electron chi connectivity index (χ0n) is 9.48. The second-order valence-electron chi connectivity index (χ2n) is 3.43. The fourth-order valence-electron chi connectivity index (χ4n) is 1.52. The Morgan fingerprint density at radius 2 is 1.75 bits per heavy atom. The predicted molar refractivity (Wildman–Crippen MR) is 67.0 cm³/mol. The first kappa shape index (κ1) is 13.5. The molecule has 0 radical (unpaired) electrons. The summed E-state index contributed by atoms with van der Waals surface area (Å²) in [5.41, 5.74) is 0.649. The lowest BCUT2D eigenvalue weighted by Crippen LogP contribution is -2.31. The lowest BCUT2D eigenvalue weighted by atomic mass is 10.2. The lowest BCUT2D eigenvalue weighted by molar-refractivity contribution is 0.444. The molecule has 0 spiro atoms. The van der Waals surface area contributed by atoms with Crippen LogP contribution in [0.3, 0.4) is 0 Å². The molecule has 1 rings (SSSR count). The molecule has 5 heteroatoms. The van der Waals surface area contributed by atoms with Crippen molar-refractivity contribution in [3.05, 3.63) is 34.9 Å². The molecule has 0 unspecified atom stereocenters. The van der Waals surface area contributed by atoms with Crippen LogP contribution in [0.1, 0.15) is 19.4 Å². The van der Waals surface area contributed by atoms with E-state index < -0.39 is 10.0 Å². The Morgan fingerprint density at radius 3 is 2.25 bits per heavy atom. The lowest BCUT2D eigenvalue weighted by Gasteiger charge is -2.18. The fourth-order valence-corrected chi connectivity index (χ4v) is 3.42. The molecule has 0 saturated carbocycles. The molecule has 0 aliphatic rings. The molecule has 0 bridgehead atoms.